The second-order valence-electron chi connectivity index (χ2n) is 3.64. The summed E-state index contributed by atoms with van der Waals surface area (Å²) in [6, 6.07) is 0. The SMILES string of the molecule is C1=CC=CC=CC=C1.C1=CCCC=CCC1. The molecular weight excluding hydrogens is 192 g/mol. The lowest BCUT2D eigenvalue weighted by Gasteiger charge is -1.92. The van der Waals surface area contributed by atoms with Crippen molar-refractivity contribution in [3.05, 3.63) is 72.9 Å². The Morgan fingerprint density at radius 3 is 0.688 bits per heavy atom. The maximum Gasteiger partial charge on any atom is -0.0316 e. The molecule has 0 heteroatoms. The summed E-state index contributed by atoms with van der Waals surface area (Å²) < 4.78 is 0. The molecule has 0 heterocycles. The van der Waals surface area contributed by atoms with E-state index in [2.05, 4.69) is 24.3 Å². The molecule has 0 nitrogen and oxygen atoms in total. The first-order valence-electron chi connectivity index (χ1n) is 5.97. The third kappa shape index (κ3) is 7.81. The minimum absolute atomic E-state index is 1.23. The van der Waals surface area contributed by atoms with E-state index in [4.69, 9.17) is 0 Å². The van der Waals surface area contributed by atoms with Crippen molar-refractivity contribution in [2.24, 2.45) is 0 Å². The van der Waals surface area contributed by atoms with Crippen LogP contribution >= 0.6 is 0 Å². The van der Waals surface area contributed by atoms with Crippen LogP contribution in [0.15, 0.2) is 72.9 Å². The molecule has 16 heavy (non-hydrogen) atoms. The Bertz CT molecular complexity index is 240. The van der Waals surface area contributed by atoms with Crippen LogP contribution in [0.1, 0.15) is 25.7 Å². The fourth-order valence-electron chi connectivity index (χ4n) is 1.37. The summed E-state index contributed by atoms with van der Waals surface area (Å²) in [4.78, 5) is 0. The van der Waals surface area contributed by atoms with E-state index in [1.807, 2.05) is 48.6 Å². The fraction of sp³-hybridized carbons (Fsp3) is 0.250. The van der Waals surface area contributed by atoms with Crippen molar-refractivity contribution in [3.8, 4) is 0 Å². The Labute approximate surface area is 99.1 Å². The Morgan fingerprint density at radius 1 is 0.312 bits per heavy atom. The molecule has 0 saturated heterocycles. The molecule has 0 unspecified atom stereocenters. The fourth-order valence-corrected chi connectivity index (χ4v) is 1.37. The van der Waals surface area contributed by atoms with E-state index in [-0.39, 0.29) is 0 Å². The molecule has 0 spiro atoms. The summed E-state index contributed by atoms with van der Waals surface area (Å²) in [5, 5.41) is 0. The van der Waals surface area contributed by atoms with Gasteiger partial charge < -0.3 is 0 Å². The van der Waals surface area contributed by atoms with Gasteiger partial charge in [0, 0.05) is 0 Å². The number of allylic oxidation sites excluding steroid dienone is 12. The maximum absolute atomic E-state index is 2.27. The van der Waals surface area contributed by atoms with Crippen LogP contribution < -0.4 is 0 Å². The molecule has 2 aliphatic rings. The summed E-state index contributed by atoms with van der Waals surface area (Å²) in [7, 11) is 0. The Morgan fingerprint density at radius 2 is 0.500 bits per heavy atom. The molecule has 0 radical (unpaired) electrons. The van der Waals surface area contributed by atoms with Gasteiger partial charge in [0.15, 0.2) is 0 Å². The maximum atomic E-state index is 2.27. The minimum Gasteiger partial charge on any atom is -0.0882 e. The van der Waals surface area contributed by atoms with Gasteiger partial charge >= 0.3 is 0 Å². The smallest absolute Gasteiger partial charge is 0.0316 e. The van der Waals surface area contributed by atoms with Gasteiger partial charge in [-0.05, 0) is 25.7 Å². The second-order valence-corrected chi connectivity index (χ2v) is 3.64. The van der Waals surface area contributed by atoms with E-state index >= 15 is 0 Å². The van der Waals surface area contributed by atoms with Gasteiger partial charge in [-0.2, -0.15) is 0 Å². The van der Waals surface area contributed by atoms with Crippen LogP contribution in [0.2, 0.25) is 0 Å². The number of hydrogen-bond acceptors (Lipinski definition) is 0. The third-order valence-corrected chi connectivity index (χ3v) is 2.22. The minimum atomic E-state index is 1.23. The molecule has 0 aromatic rings. The molecule has 2 rings (SSSR count). The van der Waals surface area contributed by atoms with Crippen molar-refractivity contribution in [2.45, 2.75) is 25.7 Å². The molecule has 0 aromatic heterocycles. The summed E-state index contributed by atoms with van der Waals surface area (Å²) in [5.41, 5.74) is 0. The number of hydrogen-bond donors (Lipinski definition) is 0. The van der Waals surface area contributed by atoms with Crippen molar-refractivity contribution in [2.75, 3.05) is 0 Å². The quantitative estimate of drug-likeness (QED) is 0.501. The summed E-state index contributed by atoms with van der Waals surface area (Å²) in [6.07, 6.45) is 30.0. The first-order chi connectivity index (χ1) is 8.00. The van der Waals surface area contributed by atoms with Gasteiger partial charge in [-0.25, -0.2) is 0 Å². The van der Waals surface area contributed by atoms with E-state index < -0.39 is 0 Å². The van der Waals surface area contributed by atoms with Gasteiger partial charge in [-0.15, -0.1) is 0 Å². The van der Waals surface area contributed by atoms with Crippen LogP contribution in [0.5, 0.6) is 0 Å². The van der Waals surface area contributed by atoms with Crippen LogP contribution in [-0.2, 0) is 0 Å². The molecule has 0 bridgehead atoms. The van der Waals surface area contributed by atoms with Crippen molar-refractivity contribution in [1.82, 2.24) is 0 Å². The molecule has 0 atom stereocenters. The Hall–Kier alpha value is -1.56. The molecule has 0 aromatic carbocycles. The van der Waals surface area contributed by atoms with Crippen LogP contribution in [0.3, 0.4) is 0 Å². The van der Waals surface area contributed by atoms with Gasteiger partial charge in [0.1, 0.15) is 0 Å². The van der Waals surface area contributed by atoms with Crippen molar-refractivity contribution < 1.29 is 0 Å². The van der Waals surface area contributed by atoms with Gasteiger partial charge in [-0.3, -0.25) is 0 Å². The highest BCUT2D eigenvalue weighted by Crippen LogP contribution is 2.02. The average Bonchev–Trinajstić information content (AvgIpc) is 2.15. The zero-order valence-corrected chi connectivity index (χ0v) is 9.76. The molecular formula is C16H20. The lowest BCUT2D eigenvalue weighted by molar-refractivity contribution is 0.962. The predicted molar refractivity (Wildman–Crippen MR) is 73.3 cm³/mol. The number of rotatable bonds is 0. The summed E-state index contributed by atoms with van der Waals surface area (Å²) in [6.45, 7) is 0. The van der Waals surface area contributed by atoms with E-state index in [0.29, 0.717) is 0 Å². The first-order valence-corrected chi connectivity index (χ1v) is 5.97. The molecule has 0 fully saturated rings. The zero-order valence-electron chi connectivity index (χ0n) is 9.76. The Kier molecular flexibility index (Phi) is 7.80. The lowest BCUT2D eigenvalue weighted by Crippen LogP contribution is -1.71. The molecule has 2 aliphatic carbocycles. The summed E-state index contributed by atoms with van der Waals surface area (Å²) in [5.74, 6) is 0. The Balaban J connectivity index is 0.000000160. The summed E-state index contributed by atoms with van der Waals surface area (Å²) >= 11 is 0. The molecule has 0 saturated carbocycles. The van der Waals surface area contributed by atoms with Crippen molar-refractivity contribution in [1.29, 1.82) is 0 Å². The van der Waals surface area contributed by atoms with Crippen LogP contribution in [0.25, 0.3) is 0 Å². The van der Waals surface area contributed by atoms with E-state index in [1.165, 1.54) is 25.7 Å². The van der Waals surface area contributed by atoms with Crippen LogP contribution in [-0.4, -0.2) is 0 Å². The van der Waals surface area contributed by atoms with Crippen LogP contribution in [0.4, 0.5) is 0 Å². The monoisotopic (exact) mass is 212 g/mol. The van der Waals surface area contributed by atoms with Crippen molar-refractivity contribution in [3.63, 3.8) is 0 Å². The predicted octanol–water partition coefficient (Wildman–Crippen LogP) is 4.90. The third-order valence-electron chi connectivity index (χ3n) is 2.22. The second kappa shape index (κ2) is 9.97. The first kappa shape index (κ1) is 12.5. The van der Waals surface area contributed by atoms with Gasteiger partial charge in [-0.1, -0.05) is 72.9 Å². The van der Waals surface area contributed by atoms with Gasteiger partial charge in [0.2, 0.25) is 0 Å². The lowest BCUT2D eigenvalue weighted by atomic mass is 10.1. The van der Waals surface area contributed by atoms with Gasteiger partial charge in [0.25, 0.3) is 0 Å². The highest BCUT2D eigenvalue weighted by molar-refractivity contribution is 5.23. The largest absolute Gasteiger partial charge is 0.0882 e. The van der Waals surface area contributed by atoms with E-state index in [9.17, 15) is 0 Å². The zero-order chi connectivity index (χ0) is 11.3. The average molecular weight is 212 g/mol. The normalized spacial score (nSPS) is 18.0. The standard InChI is InChI=1S/C8H12.C8H8/c2*1-2-4-6-8-7-5-3-1/h1-2,7-8H,3-6H2;1-8H. The molecule has 0 N–H and O–H groups in total. The highest BCUT2D eigenvalue weighted by atomic mass is 13.9. The molecule has 0 aliphatic heterocycles. The molecule has 0 amide bonds. The van der Waals surface area contributed by atoms with Crippen LogP contribution in [0, 0.1) is 0 Å². The van der Waals surface area contributed by atoms with E-state index in [0.717, 1.165) is 0 Å². The van der Waals surface area contributed by atoms with Gasteiger partial charge in [0.05, 0.1) is 0 Å². The van der Waals surface area contributed by atoms with Crippen molar-refractivity contribution >= 4 is 0 Å². The van der Waals surface area contributed by atoms with E-state index in [1.54, 1.807) is 0 Å². The highest BCUT2D eigenvalue weighted by Gasteiger charge is 1.81. The molecule has 84 valence electrons. The topological polar surface area (TPSA) is 0 Å².